The van der Waals surface area contributed by atoms with Crippen LogP contribution in [0, 0.1) is 0 Å². The molecule has 0 unspecified atom stereocenters. The third kappa shape index (κ3) is 1.44. The van der Waals surface area contributed by atoms with Gasteiger partial charge in [-0.05, 0) is 0 Å². The van der Waals surface area contributed by atoms with E-state index in [0.29, 0.717) is 0 Å². The minimum absolute atomic E-state index is 0.306. The molecule has 0 saturated carbocycles. The van der Waals surface area contributed by atoms with Crippen LogP contribution in [-0.2, 0) is 0 Å². The van der Waals surface area contributed by atoms with Crippen molar-refractivity contribution < 1.29 is 4.79 Å². The number of hydrogen-bond donors (Lipinski definition) is 2. The zero-order valence-electron chi connectivity index (χ0n) is 5.40. The fraction of sp³-hybridized carbons (Fsp3) is 0.250. The Labute approximate surface area is 57.2 Å². The summed E-state index contributed by atoms with van der Waals surface area (Å²) in [4.78, 5) is 10.6. The smallest absolute Gasteiger partial charge is 0.333 e. The quantitative estimate of drug-likeness (QED) is 0.535. The molecule has 2 N–H and O–H groups in total. The zero-order valence-corrected chi connectivity index (χ0v) is 5.40. The predicted molar refractivity (Wildman–Crippen MR) is 33.8 cm³/mol. The lowest BCUT2D eigenvalue weighted by Gasteiger charge is -2.00. The maximum absolute atomic E-state index is 10.6. The van der Waals surface area contributed by atoms with Gasteiger partial charge in [-0.2, -0.15) is 0 Å². The molecular formula is C4H7N5O. The Bertz CT molecular complexity index is 205. The lowest BCUT2D eigenvalue weighted by atomic mass is 11.0. The number of nitrogens with zero attached hydrogens (tertiary/aromatic N) is 3. The molecule has 0 bridgehead atoms. The molecule has 0 atom stereocenters. The van der Waals surface area contributed by atoms with E-state index in [1.54, 1.807) is 0 Å². The highest BCUT2D eigenvalue weighted by Crippen LogP contribution is 1.73. The largest absolute Gasteiger partial charge is 0.340 e. The number of hydrogen-bond acceptors (Lipinski definition) is 3. The van der Waals surface area contributed by atoms with Gasteiger partial charge in [0.15, 0.2) is 0 Å². The van der Waals surface area contributed by atoms with Gasteiger partial charge in [0.2, 0.25) is 0 Å². The normalized spacial score (nSPS) is 8.90. The molecule has 0 aromatic carbocycles. The van der Waals surface area contributed by atoms with Crippen LogP contribution in [0.3, 0.4) is 0 Å². The standard InChI is InChI=1S/C4H7N5O/c1-5-4(10)8-9-2-6-7-3-9/h2-3H,1H3,(H2,5,8,10). The molecule has 0 aliphatic heterocycles. The summed E-state index contributed by atoms with van der Waals surface area (Å²) in [6.45, 7) is 0. The molecule has 1 heterocycles. The van der Waals surface area contributed by atoms with Crippen LogP contribution in [0.4, 0.5) is 4.79 Å². The van der Waals surface area contributed by atoms with Crippen LogP contribution in [0.25, 0.3) is 0 Å². The van der Waals surface area contributed by atoms with Gasteiger partial charge in [-0.1, -0.05) is 0 Å². The minimum atomic E-state index is -0.306. The second-order valence-corrected chi connectivity index (χ2v) is 1.56. The Kier molecular flexibility index (Phi) is 1.83. The number of aromatic nitrogens is 3. The molecule has 1 aromatic heterocycles. The zero-order chi connectivity index (χ0) is 7.40. The van der Waals surface area contributed by atoms with Gasteiger partial charge < -0.3 is 5.32 Å². The molecule has 0 aliphatic rings. The molecule has 1 aromatic rings. The lowest BCUT2D eigenvalue weighted by molar-refractivity contribution is 0.251. The van der Waals surface area contributed by atoms with E-state index >= 15 is 0 Å². The fourth-order valence-corrected chi connectivity index (χ4v) is 0.432. The van der Waals surface area contributed by atoms with Gasteiger partial charge in [-0.3, -0.25) is 0 Å². The van der Waals surface area contributed by atoms with Gasteiger partial charge in [0.1, 0.15) is 12.7 Å². The van der Waals surface area contributed by atoms with Crippen molar-refractivity contribution in [1.82, 2.24) is 20.2 Å². The molecule has 0 fully saturated rings. The topological polar surface area (TPSA) is 71.8 Å². The summed E-state index contributed by atoms with van der Waals surface area (Å²) >= 11 is 0. The number of nitrogens with one attached hydrogen (secondary N) is 2. The predicted octanol–water partition coefficient (Wildman–Crippen LogP) is -0.839. The summed E-state index contributed by atoms with van der Waals surface area (Å²) in [7, 11) is 1.53. The molecular weight excluding hydrogens is 134 g/mol. The van der Waals surface area contributed by atoms with E-state index in [4.69, 9.17) is 0 Å². The number of rotatable bonds is 1. The van der Waals surface area contributed by atoms with Crippen molar-refractivity contribution in [3.63, 3.8) is 0 Å². The number of carbonyl (C=O) groups excluding carboxylic acids is 1. The number of urea groups is 1. The average molecular weight is 141 g/mol. The highest BCUT2D eigenvalue weighted by atomic mass is 16.2. The average Bonchev–Trinajstić information content (AvgIpc) is 2.40. The first kappa shape index (κ1) is 6.53. The van der Waals surface area contributed by atoms with E-state index in [2.05, 4.69) is 20.9 Å². The molecule has 2 amide bonds. The summed E-state index contributed by atoms with van der Waals surface area (Å²) in [6.07, 6.45) is 2.77. The number of amides is 2. The first-order valence-electron chi connectivity index (χ1n) is 2.66. The van der Waals surface area contributed by atoms with E-state index in [1.165, 1.54) is 24.4 Å². The Hall–Kier alpha value is -1.59. The third-order valence-corrected chi connectivity index (χ3v) is 0.876. The van der Waals surface area contributed by atoms with E-state index in [0.717, 1.165) is 0 Å². The van der Waals surface area contributed by atoms with Crippen molar-refractivity contribution in [1.29, 1.82) is 0 Å². The lowest BCUT2D eigenvalue weighted by Crippen LogP contribution is -2.30. The van der Waals surface area contributed by atoms with Crippen molar-refractivity contribution in [3.05, 3.63) is 12.7 Å². The van der Waals surface area contributed by atoms with Gasteiger partial charge >= 0.3 is 6.03 Å². The second kappa shape index (κ2) is 2.81. The highest BCUT2D eigenvalue weighted by Gasteiger charge is 1.93. The van der Waals surface area contributed by atoms with Crippen LogP contribution >= 0.6 is 0 Å². The van der Waals surface area contributed by atoms with Gasteiger partial charge in [0.25, 0.3) is 0 Å². The molecule has 1 rings (SSSR count). The molecule has 54 valence electrons. The van der Waals surface area contributed by atoms with Crippen molar-refractivity contribution in [2.45, 2.75) is 0 Å². The van der Waals surface area contributed by atoms with Gasteiger partial charge in [-0.25, -0.2) is 14.9 Å². The van der Waals surface area contributed by atoms with Crippen LogP contribution in [0.15, 0.2) is 12.7 Å². The summed E-state index contributed by atoms with van der Waals surface area (Å²) in [5.74, 6) is 0. The summed E-state index contributed by atoms with van der Waals surface area (Å²) in [5.41, 5.74) is 2.41. The molecule has 0 radical (unpaired) electrons. The molecule has 0 spiro atoms. The van der Waals surface area contributed by atoms with E-state index in [9.17, 15) is 4.79 Å². The summed E-state index contributed by atoms with van der Waals surface area (Å²) in [6, 6.07) is -0.306. The van der Waals surface area contributed by atoms with Gasteiger partial charge in [0.05, 0.1) is 0 Å². The van der Waals surface area contributed by atoms with E-state index < -0.39 is 0 Å². The third-order valence-electron chi connectivity index (χ3n) is 0.876. The van der Waals surface area contributed by atoms with Crippen LogP contribution < -0.4 is 10.7 Å². The van der Waals surface area contributed by atoms with Crippen molar-refractivity contribution in [3.8, 4) is 0 Å². The first-order valence-corrected chi connectivity index (χ1v) is 2.66. The summed E-state index contributed by atoms with van der Waals surface area (Å²) in [5, 5.41) is 9.34. The van der Waals surface area contributed by atoms with Crippen LogP contribution in [0.5, 0.6) is 0 Å². The molecule has 6 nitrogen and oxygen atoms in total. The molecule has 0 aliphatic carbocycles. The minimum Gasteiger partial charge on any atom is -0.340 e. The first-order chi connectivity index (χ1) is 4.83. The number of carbonyl (C=O) groups is 1. The van der Waals surface area contributed by atoms with Crippen molar-refractivity contribution in [2.75, 3.05) is 12.5 Å². The molecule has 6 heteroatoms. The Balaban J connectivity index is 2.48. The Morgan fingerprint density at radius 3 is 2.60 bits per heavy atom. The van der Waals surface area contributed by atoms with E-state index in [1.807, 2.05) is 0 Å². The van der Waals surface area contributed by atoms with E-state index in [-0.39, 0.29) is 6.03 Å². The SMILES string of the molecule is CNC(=O)Nn1cnnc1. The van der Waals surface area contributed by atoms with Crippen molar-refractivity contribution >= 4 is 6.03 Å². The van der Waals surface area contributed by atoms with Gasteiger partial charge in [-0.15, -0.1) is 10.2 Å². The Morgan fingerprint density at radius 2 is 2.10 bits per heavy atom. The maximum Gasteiger partial charge on any atom is 0.333 e. The summed E-state index contributed by atoms with van der Waals surface area (Å²) < 4.78 is 1.35. The Morgan fingerprint density at radius 1 is 1.50 bits per heavy atom. The van der Waals surface area contributed by atoms with Gasteiger partial charge in [0, 0.05) is 7.05 Å². The molecule has 0 saturated heterocycles. The maximum atomic E-state index is 10.6. The van der Waals surface area contributed by atoms with Crippen LogP contribution in [0.1, 0.15) is 0 Å². The fourth-order valence-electron chi connectivity index (χ4n) is 0.432. The highest BCUT2D eigenvalue weighted by molar-refractivity contribution is 5.81. The monoisotopic (exact) mass is 141 g/mol. The van der Waals surface area contributed by atoms with Crippen LogP contribution in [0.2, 0.25) is 0 Å². The second-order valence-electron chi connectivity index (χ2n) is 1.56. The van der Waals surface area contributed by atoms with Crippen LogP contribution in [-0.4, -0.2) is 28.0 Å². The van der Waals surface area contributed by atoms with Crippen molar-refractivity contribution in [2.24, 2.45) is 0 Å². The molecule has 10 heavy (non-hydrogen) atoms.